The molecule has 2 aromatic rings. The lowest BCUT2D eigenvalue weighted by molar-refractivity contribution is 0.304. The molecular formula is C45H60F2. The third kappa shape index (κ3) is 14.7. The normalized spacial score (nSPS) is 21.0. The van der Waals surface area contributed by atoms with Gasteiger partial charge in [0, 0.05) is 0 Å². The molecule has 2 heteroatoms. The summed E-state index contributed by atoms with van der Waals surface area (Å²) in [6, 6.07) is 10.9. The fourth-order valence-corrected chi connectivity index (χ4v) is 6.78. The zero-order valence-corrected chi connectivity index (χ0v) is 29.9. The average molecular weight is 639 g/mol. The van der Waals surface area contributed by atoms with E-state index in [-0.39, 0.29) is 11.6 Å². The lowest BCUT2D eigenvalue weighted by Gasteiger charge is -2.25. The molecule has 0 N–H and O–H groups in total. The highest BCUT2D eigenvalue weighted by Crippen LogP contribution is 2.32. The second-order valence-corrected chi connectivity index (χ2v) is 13.8. The maximum atomic E-state index is 14.1. The second kappa shape index (κ2) is 22.5. The highest BCUT2D eigenvalue weighted by atomic mass is 19.1. The van der Waals surface area contributed by atoms with Crippen LogP contribution in [0.25, 0.3) is 0 Å². The lowest BCUT2D eigenvalue weighted by Crippen LogP contribution is -2.11. The van der Waals surface area contributed by atoms with Crippen LogP contribution in [0.3, 0.4) is 0 Å². The Bertz CT molecular complexity index is 1360. The lowest BCUT2D eigenvalue weighted by atomic mass is 9.81. The van der Waals surface area contributed by atoms with Gasteiger partial charge in [-0.25, -0.2) is 8.78 Å². The van der Waals surface area contributed by atoms with Crippen LogP contribution in [0.5, 0.6) is 0 Å². The third-order valence-corrected chi connectivity index (χ3v) is 10.2. The topological polar surface area (TPSA) is 0 Å². The number of benzene rings is 2. The number of aryl methyl sites for hydroxylation is 2. The van der Waals surface area contributed by atoms with E-state index in [9.17, 15) is 8.78 Å². The van der Waals surface area contributed by atoms with Gasteiger partial charge in [0.2, 0.25) is 0 Å². The summed E-state index contributed by atoms with van der Waals surface area (Å²) in [4.78, 5) is 0. The summed E-state index contributed by atoms with van der Waals surface area (Å²) in [6.07, 6.45) is 29.0. The zero-order chi connectivity index (χ0) is 33.7. The van der Waals surface area contributed by atoms with E-state index in [1.165, 1.54) is 77.0 Å². The van der Waals surface area contributed by atoms with Crippen molar-refractivity contribution in [2.75, 3.05) is 0 Å². The highest BCUT2D eigenvalue weighted by molar-refractivity contribution is 5.41. The Kier molecular flexibility index (Phi) is 18.3. The van der Waals surface area contributed by atoms with Gasteiger partial charge in [-0.15, -0.1) is 0 Å². The number of rotatable bonds is 11. The molecule has 47 heavy (non-hydrogen) atoms. The summed E-state index contributed by atoms with van der Waals surface area (Å²) in [5.41, 5.74) is 3.16. The first kappa shape index (κ1) is 38.3. The SMILES string of the molecule is CCCCCc1ccc(C#CC=CC2CCC(CC)CC2)c(F)c1.CCCCc1ccc(C#CC=CC2CCC(CC)CC2)c(F)c1. The summed E-state index contributed by atoms with van der Waals surface area (Å²) < 4.78 is 28.1. The Labute approximate surface area is 286 Å². The van der Waals surface area contributed by atoms with Gasteiger partial charge in [0.15, 0.2) is 0 Å². The summed E-state index contributed by atoms with van der Waals surface area (Å²) >= 11 is 0. The smallest absolute Gasteiger partial charge is 0.139 e. The maximum Gasteiger partial charge on any atom is 0.139 e. The van der Waals surface area contributed by atoms with E-state index in [1.54, 1.807) is 12.1 Å². The van der Waals surface area contributed by atoms with Crippen molar-refractivity contribution in [3.8, 4) is 23.7 Å². The fraction of sp³-hybridized carbons (Fsp3) is 0.556. The van der Waals surface area contributed by atoms with E-state index in [4.69, 9.17) is 0 Å². The first-order valence-electron chi connectivity index (χ1n) is 18.9. The van der Waals surface area contributed by atoms with Gasteiger partial charge < -0.3 is 0 Å². The molecule has 0 bridgehead atoms. The zero-order valence-electron chi connectivity index (χ0n) is 29.9. The van der Waals surface area contributed by atoms with Crippen LogP contribution in [-0.4, -0.2) is 0 Å². The van der Waals surface area contributed by atoms with E-state index in [1.807, 2.05) is 36.4 Å². The number of hydrogen-bond donors (Lipinski definition) is 0. The van der Waals surface area contributed by atoms with Crippen LogP contribution in [0, 0.1) is 59.0 Å². The Balaban J connectivity index is 0.000000256. The molecule has 0 aromatic heterocycles. The molecule has 0 atom stereocenters. The molecule has 0 nitrogen and oxygen atoms in total. The third-order valence-electron chi connectivity index (χ3n) is 10.2. The first-order chi connectivity index (χ1) is 22.9. The molecule has 254 valence electrons. The van der Waals surface area contributed by atoms with E-state index in [0.717, 1.165) is 55.1 Å². The van der Waals surface area contributed by atoms with E-state index in [2.05, 4.69) is 63.5 Å². The average Bonchev–Trinajstić information content (AvgIpc) is 3.10. The molecule has 0 saturated heterocycles. The second-order valence-electron chi connectivity index (χ2n) is 13.8. The summed E-state index contributed by atoms with van der Waals surface area (Å²) in [5, 5.41) is 0. The van der Waals surface area contributed by atoms with E-state index < -0.39 is 0 Å². The van der Waals surface area contributed by atoms with Gasteiger partial charge in [0.25, 0.3) is 0 Å². The molecule has 2 aliphatic rings. The van der Waals surface area contributed by atoms with Crippen LogP contribution in [0.15, 0.2) is 60.7 Å². The predicted molar refractivity (Wildman–Crippen MR) is 198 cm³/mol. The molecule has 2 aliphatic carbocycles. The van der Waals surface area contributed by atoms with Gasteiger partial charge in [-0.05, 0) is 148 Å². The van der Waals surface area contributed by atoms with Crippen LogP contribution in [-0.2, 0) is 12.8 Å². The van der Waals surface area contributed by atoms with Gasteiger partial charge in [0.05, 0.1) is 11.1 Å². The Morgan fingerprint density at radius 2 is 1.00 bits per heavy atom. The summed E-state index contributed by atoms with van der Waals surface area (Å²) in [5.74, 6) is 14.7. The highest BCUT2D eigenvalue weighted by Gasteiger charge is 2.18. The maximum absolute atomic E-state index is 14.1. The van der Waals surface area contributed by atoms with Gasteiger partial charge in [-0.3, -0.25) is 0 Å². The molecule has 0 amide bonds. The molecule has 2 saturated carbocycles. The van der Waals surface area contributed by atoms with Crippen molar-refractivity contribution in [2.45, 2.75) is 137 Å². The molecule has 0 heterocycles. The van der Waals surface area contributed by atoms with Gasteiger partial charge >= 0.3 is 0 Å². The fourth-order valence-electron chi connectivity index (χ4n) is 6.78. The number of unbranched alkanes of at least 4 members (excludes halogenated alkanes) is 3. The molecule has 2 aromatic carbocycles. The summed E-state index contributed by atoms with van der Waals surface area (Å²) in [6.45, 7) is 8.91. The van der Waals surface area contributed by atoms with Crippen molar-refractivity contribution in [1.29, 1.82) is 0 Å². The molecule has 4 rings (SSSR count). The van der Waals surface area contributed by atoms with Crippen molar-refractivity contribution >= 4 is 0 Å². The molecule has 0 aliphatic heterocycles. The van der Waals surface area contributed by atoms with Crippen molar-refractivity contribution in [3.63, 3.8) is 0 Å². The number of halogens is 2. The molecule has 0 radical (unpaired) electrons. The molecule has 2 fully saturated rings. The number of allylic oxidation sites excluding steroid dienone is 4. The van der Waals surface area contributed by atoms with Gasteiger partial charge in [-0.2, -0.15) is 0 Å². The van der Waals surface area contributed by atoms with E-state index in [0.29, 0.717) is 23.0 Å². The van der Waals surface area contributed by atoms with Crippen LogP contribution in [0.4, 0.5) is 8.78 Å². The van der Waals surface area contributed by atoms with Crippen LogP contribution in [0.1, 0.15) is 146 Å². The first-order valence-corrected chi connectivity index (χ1v) is 18.9. The Morgan fingerprint density at radius 1 is 0.574 bits per heavy atom. The quantitative estimate of drug-likeness (QED) is 0.170. The monoisotopic (exact) mass is 638 g/mol. The van der Waals surface area contributed by atoms with Crippen molar-refractivity contribution in [1.82, 2.24) is 0 Å². The standard InChI is InChI=1S/C23H31F.C22H29F/c1-3-5-6-10-21-16-17-22(23(24)18-21)11-8-7-9-20-14-12-19(4-2)13-15-20;1-3-5-8-20-15-16-21(22(23)17-20)10-7-6-9-19-13-11-18(4-2)12-14-19/h7,9,16-20H,3-6,10,12-15H2,1-2H3;6,9,15-19H,3-5,8,11-14H2,1-2H3. The van der Waals surface area contributed by atoms with Gasteiger partial charge in [0.1, 0.15) is 11.6 Å². The molecule has 0 spiro atoms. The number of hydrogen-bond acceptors (Lipinski definition) is 0. The Morgan fingerprint density at radius 3 is 1.38 bits per heavy atom. The van der Waals surface area contributed by atoms with Crippen molar-refractivity contribution in [3.05, 3.63) is 94.6 Å². The minimum atomic E-state index is -0.192. The van der Waals surface area contributed by atoms with Crippen molar-refractivity contribution in [2.24, 2.45) is 23.7 Å². The van der Waals surface area contributed by atoms with Crippen molar-refractivity contribution < 1.29 is 8.78 Å². The van der Waals surface area contributed by atoms with Crippen LogP contribution in [0.2, 0.25) is 0 Å². The minimum Gasteiger partial charge on any atom is -0.206 e. The van der Waals surface area contributed by atoms with E-state index >= 15 is 0 Å². The predicted octanol–water partition coefficient (Wildman–Crippen LogP) is 13.0. The summed E-state index contributed by atoms with van der Waals surface area (Å²) in [7, 11) is 0. The molecular weight excluding hydrogens is 578 g/mol. The van der Waals surface area contributed by atoms with Crippen LogP contribution < -0.4 is 0 Å². The Hall–Kier alpha value is -3.10. The minimum absolute atomic E-state index is 0.187. The van der Waals surface area contributed by atoms with Gasteiger partial charge in [-0.1, -0.05) is 108 Å². The molecule has 0 unspecified atom stereocenters. The van der Waals surface area contributed by atoms with Crippen LogP contribution >= 0.6 is 0 Å². The largest absolute Gasteiger partial charge is 0.206 e.